The molecular formula is C11H24N2O5S. The fourth-order valence-electron chi connectivity index (χ4n) is 1.81. The first-order chi connectivity index (χ1) is 8.56. The topological polar surface area (TPSA) is 107 Å². The average molecular weight is 296 g/mol. The molecule has 8 heteroatoms. The van der Waals surface area contributed by atoms with E-state index in [1.54, 1.807) is 6.92 Å². The van der Waals surface area contributed by atoms with Gasteiger partial charge >= 0.3 is 0 Å². The second kappa shape index (κ2) is 7.78. The van der Waals surface area contributed by atoms with Crippen molar-refractivity contribution < 1.29 is 27.4 Å². The monoisotopic (exact) mass is 296 g/mol. The molecule has 19 heavy (non-hydrogen) atoms. The van der Waals surface area contributed by atoms with Crippen molar-refractivity contribution in [1.82, 2.24) is 5.32 Å². The summed E-state index contributed by atoms with van der Waals surface area (Å²) in [5.41, 5.74) is 0. The van der Waals surface area contributed by atoms with Crippen LogP contribution in [0.5, 0.6) is 0 Å². The molecule has 0 fully saturated rings. The predicted octanol–water partition coefficient (Wildman–Crippen LogP) is -1.11. The lowest BCUT2D eigenvalue weighted by Crippen LogP contribution is -2.48. The van der Waals surface area contributed by atoms with Gasteiger partial charge < -0.3 is 19.5 Å². The molecule has 0 saturated carbocycles. The minimum absolute atomic E-state index is 0.0113. The van der Waals surface area contributed by atoms with Gasteiger partial charge in [-0.3, -0.25) is 4.79 Å². The molecule has 0 rings (SSSR count). The van der Waals surface area contributed by atoms with Crippen LogP contribution in [0.1, 0.15) is 19.8 Å². The van der Waals surface area contributed by atoms with E-state index in [1.165, 1.54) is 0 Å². The number of nitrogens with zero attached hydrogens (tertiary/aromatic N) is 1. The van der Waals surface area contributed by atoms with Crippen molar-refractivity contribution >= 4 is 16.0 Å². The molecular weight excluding hydrogens is 272 g/mol. The van der Waals surface area contributed by atoms with Crippen molar-refractivity contribution in [3.8, 4) is 0 Å². The first kappa shape index (κ1) is 18.3. The number of carbonyl (C=O) groups excluding carboxylic acids is 1. The number of hydrogen-bond acceptors (Lipinski definition) is 5. The maximum atomic E-state index is 11.0. The van der Waals surface area contributed by atoms with E-state index < -0.39 is 22.0 Å². The molecule has 0 aliphatic rings. The summed E-state index contributed by atoms with van der Waals surface area (Å²) in [6.45, 7) is 3.17. The van der Waals surface area contributed by atoms with E-state index in [-0.39, 0.29) is 12.5 Å². The summed E-state index contributed by atoms with van der Waals surface area (Å²) >= 11 is 0. The number of quaternary nitrogens is 1. The van der Waals surface area contributed by atoms with Gasteiger partial charge in [0, 0.05) is 19.4 Å². The average Bonchev–Trinajstić information content (AvgIpc) is 2.20. The molecule has 0 aliphatic heterocycles. The quantitative estimate of drug-likeness (QED) is 0.319. The van der Waals surface area contributed by atoms with Crippen molar-refractivity contribution in [3.63, 3.8) is 0 Å². The van der Waals surface area contributed by atoms with Gasteiger partial charge in [-0.05, 0) is 0 Å². The molecule has 114 valence electrons. The van der Waals surface area contributed by atoms with Crippen LogP contribution < -0.4 is 5.32 Å². The Kier molecular flexibility index (Phi) is 7.50. The van der Waals surface area contributed by atoms with Crippen LogP contribution >= 0.6 is 0 Å². The molecule has 7 nitrogen and oxygen atoms in total. The third-order valence-electron chi connectivity index (χ3n) is 2.69. The first-order valence-electron chi connectivity index (χ1n) is 6.26. The SMILES string of the molecule is CCC(=O)NCCC[N+](C)(C)CC(O)CS(=O)(=O)[O-]. The van der Waals surface area contributed by atoms with Crippen LogP contribution in [0.25, 0.3) is 0 Å². The second-order valence-electron chi connectivity index (χ2n) is 5.28. The highest BCUT2D eigenvalue weighted by atomic mass is 32.2. The van der Waals surface area contributed by atoms with Crippen LogP contribution in [-0.4, -0.2) is 74.1 Å². The number of carbonyl (C=O) groups is 1. The normalized spacial score (nSPS) is 14.2. The highest BCUT2D eigenvalue weighted by Gasteiger charge is 2.21. The van der Waals surface area contributed by atoms with Crippen LogP contribution in [0.3, 0.4) is 0 Å². The lowest BCUT2D eigenvalue weighted by molar-refractivity contribution is -0.893. The van der Waals surface area contributed by atoms with Crippen LogP contribution in [0.15, 0.2) is 0 Å². The standard InChI is InChI=1S/C11H24N2O5S/c1-4-11(15)12-6-5-7-13(2,3)8-10(14)9-19(16,17)18/h10,14H,4-9H2,1-3H3,(H-,12,15,16,17,18). The number of rotatable bonds is 9. The van der Waals surface area contributed by atoms with E-state index in [9.17, 15) is 22.9 Å². The zero-order chi connectivity index (χ0) is 15.1. The van der Waals surface area contributed by atoms with Gasteiger partial charge in [-0.1, -0.05) is 6.92 Å². The molecule has 0 heterocycles. The minimum Gasteiger partial charge on any atom is -0.748 e. The molecule has 0 aromatic carbocycles. The number of aliphatic hydroxyl groups is 1. The molecule has 0 radical (unpaired) electrons. The van der Waals surface area contributed by atoms with Gasteiger partial charge in [0.1, 0.15) is 12.6 Å². The maximum Gasteiger partial charge on any atom is 0.219 e. The van der Waals surface area contributed by atoms with E-state index in [4.69, 9.17) is 0 Å². The van der Waals surface area contributed by atoms with Gasteiger partial charge in [-0.2, -0.15) is 0 Å². The predicted molar refractivity (Wildman–Crippen MR) is 70.3 cm³/mol. The maximum absolute atomic E-state index is 11.0. The van der Waals surface area contributed by atoms with Crippen molar-refractivity contribution in [3.05, 3.63) is 0 Å². The fourth-order valence-corrected chi connectivity index (χ4v) is 2.39. The summed E-state index contributed by atoms with van der Waals surface area (Å²) in [7, 11) is -0.731. The molecule has 0 aliphatic carbocycles. The summed E-state index contributed by atoms with van der Waals surface area (Å²) in [6, 6.07) is 0. The largest absolute Gasteiger partial charge is 0.748 e. The molecule has 0 spiro atoms. The Hall–Kier alpha value is -0.700. The summed E-state index contributed by atoms with van der Waals surface area (Å²) in [4.78, 5) is 11.0. The van der Waals surface area contributed by atoms with Gasteiger partial charge in [0.15, 0.2) is 0 Å². The second-order valence-corrected chi connectivity index (χ2v) is 6.73. The zero-order valence-electron chi connectivity index (χ0n) is 11.8. The number of nitrogens with one attached hydrogen (secondary N) is 1. The van der Waals surface area contributed by atoms with Crippen molar-refractivity contribution in [2.24, 2.45) is 0 Å². The zero-order valence-corrected chi connectivity index (χ0v) is 12.6. The summed E-state index contributed by atoms with van der Waals surface area (Å²) in [5.74, 6) is -0.774. The highest BCUT2D eigenvalue weighted by Crippen LogP contribution is 2.03. The third-order valence-corrected chi connectivity index (χ3v) is 3.48. The third kappa shape index (κ3) is 10.9. The van der Waals surface area contributed by atoms with Crippen molar-refractivity contribution in [1.29, 1.82) is 0 Å². The minimum atomic E-state index is -4.40. The van der Waals surface area contributed by atoms with Crippen LogP contribution in [0.2, 0.25) is 0 Å². The summed E-state index contributed by atoms with van der Waals surface area (Å²) in [6.07, 6.45) is -0.00351. The van der Waals surface area contributed by atoms with Gasteiger partial charge in [-0.25, -0.2) is 8.42 Å². The van der Waals surface area contributed by atoms with Crippen LogP contribution in [0.4, 0.5) is 0 Å². The number of hydrogen-bond donors (Lipinski definition) is 2. The van der Waals surface area contributed by atoms with E-state index in [1.807, 2.05) is 14.1 Å². The Morgan fingerprint density at radius 2 is 2.00 bits per heavy atom. The Labute approximate surface area is 114 Å². The van der Waals surface area contributed by atoms with Crippen LogP contribution in [0, 0.1) is 0 Å². The highest BCUT2D eigenvalue weighted by molar-refractivity contribution is 7.85. The Bertz CT molecular complexity index is 381. The molecule has 0 bridgehead atoms. The van der Waals surface area contributed by atoms with Gasteiger partial charge in [-0.15, -0.1) is 0 Å². The van der Waals surface area contributed by atoms with E-state index in [2.05, 4.69) is 5.32 Å². The Morgan fingerprint density at radius 1 is 1.42 bits per heavy atom. The van der Waals surface area contributed by atoms with E-state index in [0.717, 1.165) is 6.42 Å². The molecule has 1 atom stereocenters. The lowest BCUT2D eigenvalue weighted by atomic mass is 10.3. The first-order valence-corrected chi connectivity index (χ1v) is 7.84. The van der Waals surface area contributed by atoms with E-state index >= 15 is 0 Å². The smallest absolute Gasteiger partial charge is 0.219 e. The molecule has 0 aromatic heterocycles. The van der Waals surface area contributed by atoms with Gasteiger partial charge in [0.25, 0.3) is 0 Å². The Morgan fingerprint density at radius 3 is 2.47 bits per heavy atom. The number of aliphatic hydroxyl groups excluding tert-OH is 1. The number of likely N-dealkylation sites (N-methyl/N-ethyl adjacent to an activating group) is 1. The van der Waals surface area contributed by atoms with Crippen molar-refractivity contribution in [2.75, 3.05) is 39.5 Å². The van der Waals surface area contributed by atoms with Crippen molar-refractivity contribution in [2.45, 2.75) is 25.9 Å². The molecule has 2 N–H and O–H groups in total. The molecule has 1 unspecified atom stereocenters. The van der Waals surface area contributed by atoms with Gasteiger partial charge in [0.05, 0.1) is 36.5 Å². The summed E-state index contributed by atoms with van der Waals surface area (Å²) in [5, 5.41) is 12.3. The fraction of sp³-hybridized carbons (Fsp3) is 0.909. The van der Waals surface area contributed by atoms with E-state index in [0.29, 0.717) is 24.0 Å². The lowest BCUT2D eigenvalue weighted by Gasteiger charge is -2.32. The molecule has 0 aromatic rings. The van der Waals surface area contributed by atoms with Gasteiger partial charge in [0.2, 0.25) is 5.91 Å². The molecule has 0 saturated heterocycles. The van der Waals surface area contributed by atoms with Crippen LogP contribution in [-0.2, 0) is 14.9 Å². The molecule has 1 amide bonds. The Balaban J connectivity index is 4.01. The number of amides is 1. The summed E-state index contributed by atoms with van der Waals surface area (Å²) < 4.78 is 32.0.